The van der Waals surface area contributed by atoms with Crippen LogP contribution < -0.4 is 10.1 Å². The molecule has 0 saturated carbocycles. The van der Waals surface area contributed by atoms with E-state index >= 15 is 0 Å². The number of hydrogen-bond acceptors (Lipinski definition) is 5. The molecular formula is C21H20N4O3. The number of furan rings is 1. The van der Waals surface area contributed by atoms with Crippen LogP contribution >= 0.6 is 0 Å². The van der Waals surface area contributed by atoms with Crippen LogP contribution in [0.1, 0.15) is 27.5 Å². The standard InChI is InChI=1S/C21H20N4O3/c1-13-20(17-10-16(27-3)5-6-18(17)28-13)21(26)24-12-15-4-7-19(23-11-15)25-9-8-22-14(25)2/h4-11H,12H2,1-3H3,(H,24,26). The van der Waals surface area contributed by atoms with Gasteiger partial charge in [-0.25, -0.2) is 9.97 Å². The number of carbonyl (C=O) groups is 1. The minimum Gasteiger partial charge on any atom is -0.497 e. The lowest BCUT2D eigenvalue weighted by Crippen LogP contribution is -2.23. The molecule has 142 valence electrons. The molecule has 4 aromatic rings. The van der Waals surface area contributed by atoms with Crippen molar-refractivity contribution >= 4 is 16.9 Å². The molecule has 7 nitrogen and oxygen atoms in total. The maximum absolute atomic E-state index is 12.8. The van der Waals surface area contributed by atoms with Crippen LogP contribution in [-0.4, -0.2) is 27.6 Å². The molecule has 0 atom stereocenters. The first-order valence-corrected chi connectivity index (χ1v) is 8.87. The number of carbonyl (C=O) groups excluding carboxylic acids is 1. The fourth-order valence-electron chi connectivity index (χ4n) is 3.16. The zero-order valence-electron chi connectivity index (χ0n) is 15.9. The molecule has 0 aliphatic heterocycles. The highest BCUT2D eigenvalue weighted by molar-refractivity contribution is 6.07. The molecule has 0 saturated heterocycles. The first-order chi connectivity index (χ1) is 13.6. The van der Waals surface area contributed by atoms with Crippen molar-refractivity contribution in [3.8, 4) is 11.6 Å². The summed E-state index contributed by atoms with van der Waals surface area (Å²) in [4.78, 5) is 21.4. The molecule has 1 amide bonds. The van der Waals surface area contributed by atoms with E-state index in [2.05, 4.69) is 15.3 Å². The SMILES string of the molecule is COc1ccc2oc(C)c(C(=O)NCc3ccc(-n4ccnc4C)nc3)c2c1. The molecule has 28 heavy (non-hydrogen) atoms. The van der Waals surface area contributed by atoms with Gasteiger partial charge in [0.1, 0.15) is 28.7 Å². The fraction of sp³-hybridized carbons (Fsp3) is 0.190. The molecule has 0 spiro atoms. The van der Waals surface area contributed by atoms with Crippen LogP contribution in [0.3, 0.4) is 0 Å². The van der Waals surface area contributed by atoms with Gasteiger partial charge >= 0.3 is 0 Å². The molecule has 3 aromatic heterocycles. The lowest BCUT2D eigenvalue weighted by Gasteiger charge is -2.07. The van der Waals surface area contributed by atoms with E-state index in [1.165, 1.54) is 0 Å². The molecule has 4 rings (SSSR count). The molecule has 0 radical (unpaired) electrons. The predicted octanol–water partition coefficient (Wildman–Crippen LogP) is 3.57. The molecule has 3 heterocycles. The maximum atomic E-state index is 12.8. The molecule has 0 aliphatic carbocycles. The number of nitrogens with one attached hydrogen (secondary N) is 1. The largest absolute Gasteiger partial charge is 0.497 e. The van der Waals surface area contributed by atoms with Gasteiger partial charge in [-0.05, 0) is 43.7 Å². The number of amides is 1. The van der Waals surface area contributed by atoms with E-state index in [0.29, 0.717) is 29.2 Å². The monoisotopic (exact) mass is 376 g/mol. The number of aromatic nitrogens is 3. The summed E-state index contributed by atoms with van der Waals surface area (Å²) in [5, 5.41) is 3.67. The Morgan fingerprint density at radius 1 is 1.21 bits per heavy atom. The molecule has 1 aromatic carbocycles. The van der Waals surface area contributed by atoms with E-state index in [-0.39, 0.29) is 5.91 Å². The van der Waals surface area contributed by atoms with Gasteiger partial charge in [0, 0.05) is 30.5 Å². The van der Waals surface area contributed by atoms with Crippen molar-refractivity contribution < 1.29 is 13.9 Å². The van der Waals surface area contributed by atoms with Crippen molar-refractivity contribution in [3.63, 3.8) is 0 Å². The third-order valence-corrected chi connectivity index (χ3v) is 4.63. The Bertz CT molecular complexity index is 1140. The number of nitrogens with zero attached hydrogens (tertiary/aromatic N) is 3. The molecule has 0 aliphatic rings. The molecule has 1 N–H and O–H groups in total. The summed E-state index contributed by atoms with van der Waals surface area (Å²) in [5.74, 6) is 2.71. The van der Waals surface area contributed by atoms with Gasteiger partial charge in [0.05, 0.1) is 12.7 Å². The van der Waals surface area contributed by atoms with Crippen LogP contribution in [0.25, 0.3) is 16.8 Å². The Kier molecular flexibility index (Phi) is 4.57. The second kappa shape index (κ2) is 7.19. The van der Waals surface area contributed by atoms with Crippen molar-refractivity contribution in [2.24, 2.45) is 0 Å². The third kappa shape index (κ3) is 3.22. The van der Waals surface area contributed by atoms with E-state index in [1.807, 2.05) is 42.0 Å². The van der Waals surface area contributed by atoms with E-state index in [0.717, 1.165) is 22.6 Å². The van der Waals surface area contributed by atoms with Crippen molar-refractivity contribution in [1.29, 1.82) is 0 Å². The number of rotatable bonds is 5. The normalized spacial score (nSPS) is 11.0. The summed E-state index contributed by atoms with van der Waals surface area (Å²) >= 11 is 0. The number of pyridine rings is 1. The topological polar surface area (TPSA) is 82.2 Å². The van der Waals surface area contributed by atoms with Gasteiger partial charge in [0.15, 0.2) is 0 Å². The lowest BCUT2D eigenvalue weighted by atomic mass is 10.1. The molecule has 0 fully saturated rings. The maximum Gasteiger partial charge on any atom is 0.255 e. The fourth-order valence-corrected chi connectivity index (χ4v) is 3.16. The summed E-state index contributed by atoms with van der Waals surface area (Å²) in [6, 6.07) is 9.26. The number of fused-ring (bicyclic) bond motifs is 1. The summed E-state index contributed by atoms with van der Waals surface area (Å²) in [5.41, 5.74) is 2.08. The summed E-state index contributed by atoms with van der Waals surface area (Å²) in [6.45, 7) is 4.07. The Labute approximate surface area is 162 Å². The third-order valence-electron chi connectivity index (χ3n) is 4.63. The van der Waals surface area contributed by atoms with Gasteiger partial charge in [-0.15, -0.1) is 0 Å². The Balaban J connectivity index is 1.51. The summed E-state index contributed by atoms with van der Waals surface area (Å²) in [7, 11) is 1.59. The Hall–Kier alpha value is -3.61. The van der Waals surface area contributed by atoms with Crippen LogP contribution in [-0.2, 0) is 6.54 Å². The van der Waals surface area contributed by atoms with Crippen molar-refractivity contribution in [2.75, 3.05) is 7.11 Å². The van der Waals surface area contributed by atoms with Crippen LogP contribution in [0.5, 0.6) is 5.75 Å². The van der Waals surface area contributed by atoms with Gasteiger partial charge in [-0.2, -0.15) is 0 Å². The first kappa shape index (κ1) is 17.8. The van der Waals surface area contributed by atoms with Crippen molar-refractivity contribution in [2.45, 2.75) is 20.4 Å². The number of ether oxygens (including phenoxy) is 1. The highest BCUT2D eigenvalue weighted by Crippen LogP contribution is 2.29. The Morgan fingerprint density at radius 2 is 2.07 bits per heavy atom. The van der Waals surface area contributed by atoms with Crippen LogP contribution in [0.15, 0.2) is 53.3 Å². The zero-order valence-corrected chi connectivity index (χ0v) is 15.9. The van der Waals surface area contributed by atoms with Gasteiger partial charge in [0.2, 0.25) is 0 Å². The number of aryl methyl sites for hydroxylation is 2. The average molecular weight is 376 g/mol. The van der Waals surface area contributed by atoms with E-state index in [4.69, 9.17) is 9.15 Å². The Morgan fingerprint density at radius 3 is 2.75 bits per heavy atom. The summed E-state index contributed by atoms with van der Waals surface area (Å²) < 4.78 is 12.9. The highest BCUT2D eigenvalue weighted by Gasteiger charge is 2.18. The second-order valence-corrected chi connectivity index (χ2v) is 6.45. The second-order valence-electron chi connectivity index (χ2n) is 6.45. The van der Waals surface area contributed by atoms with Gasteiger partial charge in [0.25, 0.3) is 5.91 Å². The molecule has 7 heteroatoms. The zero-order chi connectivity index (χ0) is 19.7. The predicted molar refractivity (Wildman–Crippen MR) is 105 cm³/mol. The average Bonchev–Trinajstić information content (AvgIpc) is 3.28. The van der Waals surface area contributed by atoms with Gasteiger partial charge in [-0.3, -0.25) is 9.36 Å². The van der Waals surface area contributed by atoms with E-state index in [1.54, 1.807) is 32.5 Å². The molecular weight excluding hydrogens is 356 g/mol. The molecule has 0 bridgehead atoms. The van der Waals surface area contributed by atoms with Crippen molar-refractivity contribution in [3.05, 3.63) is 71.6 Å². The first-order valence-electron chi connectivity index (χ1n) is 8.87. The number of hydrogen-bond donors (Lipinski definition) is 1. The van der Waals surface area contributed by atoms with E-state index in [9.17, 15) is 4.79 Å². The number of benzene rings is 1. The quantitative estimate of drug-likeness (QED) is 0.576. The van der Waals surface area contributed by atoms with Crippen molar-refractivity contribution in [1.82, 2.24) is 19.9 Å². The smallest absolute Gasteiger partial charge is 0.255 e. The molecule has 0 unspecified atom stereocenters. The minimum atomic E-state index is -0.195. The number of methoxy groups -OCH3 is 1. The van der Waals surface area contributed by atoms with Gasteiger partial charge < -0.3 is 14.5 Å². The van der Waals surface area contributed by atoms with Crippen LogP contribution in [0, 0.1) is 13.8 Å². The van der Waals surface area contributed by atoms with Crippen LogP contribution in [0.4, 0.5) is 0 Å². The van der Waals surface area contributed by atoms with Crippen LogP contribution in [0.2, 0.25) is 0 Å². The lowest BCUT2D eigenvalue weighted by molar-refractivity contribution is 0.0951. The number of imidazole rings is 1. The van der Waals surface area contributed by atoms with E-state index < -0.39 is 0 Å². The summed E-state index contributed by atoms with van der Waals surface area (Å²) in [6.07, 6.45) is 5.34. The highest BCUT2D eigenvalue weighted by atomic mass is 16.5. The van der Waals surface area contributed by atoms with Gasteiger partial charge in [-0.1, -0.05) is 6.07 Å². The minimum absolute atomic E-state index is 0.195.